The van der Waals surface area contributed by atoms with Crippen LogP contribution in [-0.4, -0.2) is 29.7 Å². The SMILES string of the molecule is CCCn1ncnc1CC(O)c1cc(CC)nn1CC. The first-order valence-corrected chi connectivity index (χ1v) is 7.30. The van der Waals surface area contributed by atoms with E-state index in [0.29, 0.717) is 6.42 Å². The topological polar surface area (TPSA) is 68.8 Å². The summed E-state index contributed by atoms with van der Waals surface area (Å²) in [7, 11) is 0. The van der Waals surface area contributed by atoms with Gasteiger partial charge in [0.15, 0.2) is 0 Å². The van der Waals surface area contributed by atoms with Crippen LogP contribution in [0, 0.1) is 0 Å². The number of rotatable bonds is 7. The van der Waals surface area contributed by atoms with E-state index in [2.05, 4.69) is 29.0 Å². The first-order chi connectivity index (χ1) is 9.69. The number of hydrogen-bond donors (Lipinski definition) is 1. The maximum atomic E-state index is 10.5. The zero-order valence-electron chi connectivity index (χ0n) is 12.5. The average molecular weight is 277 g/mol. The van der Waals surface area contributed by atoms with Gasteiger partial charge in [-0.05, 0) is 25.8 Å². The molecule has 2 rings (SSSR count). The van der Waals surface area contributed by atoms with Gasteiger partial charge in [0, 0.05) is 19.5 Å². The number of aliphatic hydroxyl groups is 1. The van der Waals surface area contributed by atoms with E-state index in [9.17, 15) is 5.11 Å². The highest BCUT2D eigenvalue weighted by molar-refractivity contribution is 5.14. The molecule has 2 aromatic heterocycles. The summed E-state index contributed by atoms with van der Waals surface area (Å²) in [6.45, 7) is 7.78. The Morgan fingerprint density at radius 3 is 2.70 bits per heavy atom. The highest BCUT2D eigenvalue weighted by atomic mass is 16.3. The van der Waals surface area contributed by atoms with Crippen LogP contribution < -0.4 is 0 Å². The molecular weight excluding hydrogens is 254 g/mol. The van der Waals surface area contributed by atoms with Gasteiger partial charge in [0.2, 0.25) is 0 Å². The minimum absolute atomic E-state index is 0.467. The molecule has 2 aromatic rings. The fraction of sp³-hybridized carbons (Fsp3) is 0.643. The fourth-order valence-electron chi connectivity index (χ4n) is 2.30. The summed E-state index contributed by atoms with van der Waals surface area (Å²) < 4.78 is 3.72. The van der Waals surface area contributed by atoms with Gasteiger partial charge in [0.05, 0.1) is 11.4 Å². The highest BCUT2D eigenvalue weighted by Crippen LogP contribution is 2.19. The Morgan fingerprint density at radius 1 is 1.25 bits per heavy atom. The molecule has 0 bridgehead atoms. The van der Waals surface area contributed by atoms with Gasteiger partial charge < -0.3 is 5.11 Å². The highest BCUT2D eigenvalue weighted by Gasteiger charge is 2.18. The molecule has 20 heavy (non-hydrogen) atoms. The lowest BCUT2D eigenvalue weighted by Gasteiger charge is -2.12. The van der Waals surface area contributed by atoms with Gasteiger partial charge in [-0.2, -0.15) is 10.2 Å². The molecule has 0 saturated carbocycles. The number of aliphatic hydroxyl groups excluding tert-OH is 1. The third-order valence-corrected chi connectivity index (χ3v) is 3.37. The van der Waals surface area contributed by atoms with Crippen LogP contribution in [0.25, 0.3) is 0 Å². The fourth-order valence-corrected chi connectivity index (χ4v) is 2.30. The zero-order valence-corrected chi connectivity index (χ0v) is 12.5. The molecule has 0 aliphatic carbocycles. The Kier molecular flexibility index (Phi) is 4.89. The number of aryl methyl sites for hydroxylation is 3. The molecule has 0 aliphatic rings. The molecule has 0 saturated heterocycles. The van der Waals surface area contributed by atoms with Crippen LogP contribution in [0.5, 0.6) is 0 Å². The molecule has 6 heteroatoms. The van der Waals surface area contributed by atoms with E-state index in [-0.39, 0.29) is 0 Å². The van der Waals surface area contributed by atoms with Gasteiger partial charge in [-0.1, -0.05) is 13.8 Å². The summed E-state index contributed by atoms with van der Waals surface area (Å²) in [5.41, 5.74) is 1.87. The van der Waals surface area contributed by atoms with Gasteiger partial charge in [0.1, 0.15) is 18.3 Å². The summed E-state index contributed by atoms with van der Waals surface area (Å²) >= 11 is 0. The van der Waals surface area contributed by atoms with Crippen LogP contribution >= 0.6 is 0 Å². The molecule has 0 aromatic carbocycles. The van der Waals surface area contributed by atoms with Gasteiger partial charge in [-0.25, -0.2) is 4.98 Å². The Hall–Kier alpha value is -1.69. The quantitative estimate of drug-likeness (QED) is 0.837. The van der Waals surface area contributed by atoms with Gasteiger partial charge in [0.25, 0.3) is 0 Å². The van der Waals surface area contributed by atoms with Crippen molar-refractivity contribution in [2.75, 3.05) is 0 Å². The summed E-state index contributed by atoms with van der Waals surface area (Å²) in [6, 6.07) is 1.98. The van der Waals surface area contributed by atoms with E-state index in [1.165, 1.54) is 0 Å². The molecule has 2 heterocycles. The van der Waals surface area contributed by atoms with Crippen LogP contribution in [0.3, 0.4) is 0 Å². The minimum Gasteiger partial charge on any atom is -0.386 e. The molecule has 0 spiro atoms. The molecule has 0 aliphatic heterocycles. The number of nitrogens with zero attached hydrogens (tertiary/aromatic N) is 5. The predicted octanol–water partition coefficient (Wildman–Crippen LogP) is 1.74. The largest absolute Gasteiger partial charge is 0.386 e. The van der Waals surface area contributed by atoms with Crippen molar-refractivity contribution in [2.24, 2.45) is 0 Å². The second-order valence-corrected chi connectivity index (χ2v) is 4.85. The monoisotopic (exact) mass is 277 g/mol. The van der Waals surface area contributed by atoms with Crippen molar-refractivity contribution in [1.82, 2.24) is 24.5 Å². The molecule has 0 fully saturated rings. The Morgan fingerprint density at radius 2 is 2.05 bits per heavy atom. The molecule has 1 unspecified atom stereocenters. The van der Waals surface area contributed by atoms with E-state index >= 15 is 0 Å². The van der Waals surface area contributed by atoms with Gasteiger partial charge in [-0.15, -0.1) is 0 Å². The minimum atomic E-state index is -0.595. The van der Waals surface area contributed by atoms with Crippen LogP contribution in [0.4, 0.5) is 0 Å². The van der Waals surface area contributed by atoms with Crippen LogP contribution in [-0.2, 0) is 25.9 Å². The first-order valence-electron chi connectivity index (χ1n) is 7.30. The van der Waals surface area contributed by atoms with Crippen molar-refractivity contribution in [3.8, 4) is 0 Å². The number of aromatic nitrogens is 5. The second kappa shape index (κ2) is 6.65. The van der Waals surface area contributed by atoms with E-state index in [1.54, 1.807) is 6.33 Å². The average Bonchev–Trinajstić information content (AvgIpc) is 3.06. The van der Waals surface area contributed by atoms with Crippen molar-refractivity contribution in [1.29, 1.82) is 0 Å². The lowest BCUT2D eigenvalue weighted by Crippen LogP contribution is -2.14. The molecule has 110 valence electrons. The number of hydrogen-bond acceptors (Lipinski definition) is 4. The van der Waals surface area contributed by atoms with Crippen LogP contribution in [0.15, 0.2) is 12.4 Å². The third kappa shape index (κ3) is 3.07. The Bertz CT molecular complexity index is 546. The summed E-state index contributed by atoms with van der Waals surface area (Å²) in [5, 5.41) is 19.1. The first kappa shape index (κ1) is 14.7. The second-order valence-electron chi connectivity index (χ2n) is 4.85. The predicted molar refractivity (Wildman–Crippen MR) is 76.3 cm³/mol. The zero-order chi connectivity index (χ0) is 14.5. The van der Waals surface area contributed by atoms with Crippen molar-refractivity contribution >= 4 is 0 Å². The molecular formula is C14H23N5O. The normalized spacial score (nSPS) is 12.8. The molecule has 1 N–H and O–H groups in total. The van der Waals surface area contributed by atoms with Crippen LogP contribution in [0.2, 0.25) is 0 Å². The van der Waals surface area contributed by atoms with Crippen molar-refractivity contribution in [3.05, 3.63) is 29.6 Å². The Balaban J connectivity index is 2.16. The molecule has 1 atom stereocenters. The molecule has 0 amide bonds. The van der Waals surface area contributed by atoms with E-state index in [0.717, 1.165) is 43.1 Å². The smallest absolute Gasteiger partial charge is 0.138 e. The summed E-state index contributed by atoms with van der Waals surface area (Å²) in [6.07, 6.45) is 3.29. The third-order valence-electron chi connectivity index (χ3n) is 3.37. The maximum absolute atomic E-state index is 10.5. The Labute approximate surface area is 119 Å². The van der Waals surface area contributed by atoms with Gasteiger partial charge >= 0.3 is 0 Å². The van der Waals surface area contributed by atoms with Crippen molar-refractivity contribution in [3.63, 3.8) is 0 Å². The van der Waals surface area contributed by atoms with E-state index in [4.69, 9.17) is 0 Å². The lowest BCUT2D eigenvalue weighted by molar-refractivity contribution is 0.163. The standard InChI is InChI=1S/C14H23N5O/c1-4-7-19-14(15-10-16-19)9-13(20)12-8-11(5-2)17-18(12)6-3/h8,10,13,20H,4-7,9H2,1-3H3. The van der Waals surface area contributed by atoms with Gasteiger partial charge in [-0.3, -0.25) is 9.36 Å². The molecule has 0 radical (unpaired) electrons. The van der Waals surface area contributed by atoms with Crippen LogP contribution in [0.1, 0.15) is 50.5 Å². The lowest BCUT2D eigenvalue weighted by atomic mass is 10.1. The van der Waals surface area contributed by atoms with E-state index < -0.39 is 6.10 Å². The van der Waals surface area contributed by atoms with Crippen molar-refractivity contribution < 1.29 is 5.11 Å². The maximum Gasteiger partial charge on any atom is 0.138 e. The molecule has 6 nitrogen and oxygen atoms in total. The van der Waals surface area contributed by atoms with Crippen molar-refractivity contribution in [2.45, 2.75) is 59.2 Å². The van der Waals surface area contributed by atoms with E-state index in [1.807, 2.05) is 22.4 Å². The summed E-state index contributed by atoms with van der Waals surface area (Å²) in [4.78, 5) is 4.24. The summed E-state index contributed by atoms with van der Waals surface area (Å²) in [5.74, 6) is 0.821.